The Bertz CT molecular complexity index is 391. The molecule has 0 unspecified atom stereocenters. The van der Waals surface area contributed by atoms with Gasteiger partial charge in [-0.25, -0.2) is 13.8 Å². The number of hydrogen-bond acceptors (Lipinski definition) is 3. The molecule has 0 aliphatic rings. The molecule has 3 nitrogen and oxygen atoms in total. The summed E-state index contributed by atoms with van der Waals surface area (Å²) in [6, 6.07) is 0.451. The maximum atomic E-state index is 12.4. The molecule has 0 atom stereocenters. The fourth-order valence-electron chi connectivity index (χ4n) is 1.20. The van der Waals surface area contributed by atoms with Gasteiger partial charge in [-0.05, 0) is 6.07 Å². The van der Waals surface area contributed by atoms with Crippen molar-refractivity contribution in [2.45, 2.75) is 19.2 Å². The Morgan fingerprint density at radius 1 is 1.38 bits per heavy atom. The summed E-state index contributed by atoms with van der Waals surface area (Å²) in [6.07, 6.45) is -7.88. The van der Waals surface area contributed by atoms with Crippen molar-refractivity contribution in [1.29, 1.82) is 0 Å². The van der Waals surface area contributed by atoms with E-state index in [4.69, 9.17) is 10.8 Å². The second kappa shape index (κ2) is 4.20. The molecule has 1 aromatic heterocycles. The largest absolute Gasteiger partial charge is 0.420 e. The van der Waals surface area contributed by atoms with E-state index in [1.807, 2.05) is 0 Å². The first kappa shape index (κ1) is 12.6. The van der Waals surface area contributed by atoms with Crippen LogP contribution < -0.4 is 5.73 Å². The SMILES string of the molecule is Nc1cc(C(F)F)nc(CO)c1C(F)(F)F. The first-order valence-corrected chi connectivity index (χ1v) is 4.03. The van der Waals surface area contributed by atoms with Gasteiger partial charge in [-0.15, -0.1) is 0 Å². The lowest BCUT2D eigenvalue weighted by molar-refractivity contribution is -0.138. The number of aliphatic hydroxyl groups excluding tert-OH is 1. The lowest BCUT2D eigenvalue weighted by Gasteiger charge is -2.14. The van der Waals surface area contributed by atoms with Crippen molar-refractivity contribution in [3.05, 3.63) is 23.0 Å². The van der Waals surface area contributed by atoms with E-state index in [-0.39, 0.29) is 0 Å². The van der Waals surface area contributed by atoms with E-state index >= 15 is 0 Å². The summed E-state index contributed by atoms with van der Waals surface area (Å²) in [6.45, 7) is -1.11. The van der Waals surface area contributed by atoms with Crippen molar-refractivity contribution in [1.82, 2.24) is 4.98 Å². The lowest BCUT2D eigenvalue weighted by atomic mass is 10.1. The first-order chi connectivity index (χ1) is 7.27. The minimum Gasteiger partial charge on any atom is -0.398 e. The fourth-order valence-corrected chi connectivity index (χ4v) is 1.20. The average Bonchev–Trinajstić information content (AvgIpc) is 2.14. The number of rotatable bonds is 2. The van der Waals surface area contributed by atoms with Crippen LogP contribution in [0.4, 0.5) is 27.6 Å². The number of pyridine rings is 1. The molecule has 0 aliphatic carbocycles. The zero-order valence-electron chi connectivity index (χ0n) is 7.72. The Hall–Kier alpha value is -1.44. The molecule has 90 valence electrons. The molecule has 0 spiro atoms. The van der Waals surface area contributed by atoms with Crippen molar-refractivity contribution in [2.75, 3.05) is 5.73 Å². The van der Waals surface area contributed by atoms with E-state index in [1.54, 1.807) is 0 Å². The van der Waals surface area contributed by atoms with Gasteiger partial charge in [-0.3, -0.25) is 0 Å². The second-order valence-electron chi connectivity index (χ2n) is 2.91. The minimum atomic E-state index is -4.84. The molecule has 0 aromatic carbocycles. The molecular weight excluding hydrogens is 235 g/mol. The molecular formula is C8H7F5N2O. The Labute approximate surface area is 86.7 Å². The highest BCUT2D eigenvalue weighted by Gasteiger charge is 2.37. The van der Waals surface area contributed by atoms with Crippen LogP contribution in [0.3, 0.4) is 0 Å². The number of alkyl halides is 5. The van der Waals surface area contributed by atoms with Gasteiger partial charge in [0.05, 0.1) is 12.3 Å². The summed E-state index contributed by atoms with van der Waals surface area (Å²) in [5.74, 6) is 0. The average molecular weight is 242 g/mol. The maximum Gasteiger partial charge on any atom is 0.420 e. The fraction of sp³-hybridized carbons (Fsp3) is 0.375. The number of aliphatic hydroxyl groups is 1. The van der Waals surface area contributed by atoms with Crippen LogP contribution in [0.15, 0.2) is 6.07 Å². The molecule has 1 aromatic rings. The van der Waals surface area contributed by atoms with Crippen LogP contribution in [-0.4, -0.2) is 10.1 Å². The quantitative estimate of drug-likeness (QED) is 0.781. The Morgan fingerprint density at radius 2 is 1.94 bits per heavy atom. The molecule has 0 amide bonds. The van der Waals surface area contributed by atoms with Gasteiger partial charge in [0.1, 0.15) is 11.3 Å². The molecule has 0 aliphatic heterocycles. The predicted octanol–water partition coefficient (Wildman–Crippen LogP) is 2.11. The van der Waals surface area contributed by atoms with Gasteiger partial charge in [0.15, 0.2) is 0 Å². The predicted molar refractivity (Wildman–Crippen MR) is 44.5 cm³/mol. The zero-order valence-corrected chi connectivity index (χ0v) is 7.72. The number of nitrogens with zero attached hydrogens (tertiary/aromatic N) is 1. The number of hydrogen-bond donors (Lipinski definition) is 2. The van der Waals surface area contributed by atoms with Crippen LogP contribution in [-0.2, 0) is 12.8 Å². The third-order valence-corrected chi connectivity index (χ3v) is 1.80. The molecule has 3 N–H and O–H groups in total. The normalized spacial score (nSPS) is 12.2. The first-order valence-electron chi connectivity index (χ1n) is 4.03. The maximum absolute atomic E-state index is 12.4. The lowest BCUT2D eigenvalue weighted by Crippen LogP contribution is -2.15. The van der Waals surface area contributed by atoms with Crippen LogP contribution in [0.2, 0.25) is 0 Å². The molecule has 1 rings (SSSR count). The third-order valence-electron chi connectivity index (χ3n) is 1.80. The number of nitrogens with two attached hydrogens (primary N) is 1. The molecule has 8 heteroatoms. The Balaban J connectivity index is 3.41. The summed E-state index contributed by atoms with van der Waals surface area (Å²) < 4.78 is 61.7. The van der Waals surface area contributed by atoms with Crippen LogP contribution >= 0.6 is 0 Å². The third kappa shape index (κ3) is 2.38. The van der Waals surface area contributed by atoms with Gasteiger partial charge in [0.2, 0.25) is 0 Å². The van der Waals surface area contributed by atoms with Crippen molar-refractivity contribution in [3.63, 3.8) is 0 Å². The highest BCUT2D eigenvalue weighted by Crippen LogP contribution is 2.37. The topological polar surface area (TPSA) is 59.1 Å². The van der Waals surface area contributed by atoms with Crippen LogP contribution in [0.25, 0.3) is 0 Å². The monoisotopic (exact) mass is 242 g/mol. The molecule has 0 bridgehead atoms. The van der Waals surface area contributed by atoms with Crippen molar-refractivity contribution in [2.24, 2.45) is 0 Å². The Morgan fingerprint density at radius 3 is 2.31 bits per heavy atom. The van der Waals surface area contributed by atoms with Crippen LogP contribution in [0.5, 0.6) is 0 Å². The van der Waals surface area contributed by atoms with Gasteiger partial charge in [-0.2, -0.15) is 13.2 Å². The second-order valence-corrected chi connectivity index (χ2v) is 2.91. The van der Waals surface area contributed by atoms with Gasteiger partial charge >= 0.3 is 6.18 Å². The highest BCUT2D eigenvalue weighted by molar-refractivity contribution is 5.51. The smallest absolute Gasteiger partial charge is 0.398 e. The minimum absolute atomic E-state index is 0.451. The number of nitrogen functional groups attached to an aromatic ring is 1. The van der Waals surface area contributed by atoms with Gasteiger partial charge < -0.3 is 10.8 Å². The van der Waals surface area contributed by atoms with Gasteiger partial charge in [0, 0.05) is 5.69 Å². The van der Waals surface area contributed by atoms with E-state index in [1.165, 1.54) is 0 Å². The van der Waals surface area contributed by atoms with Crippen molar-refractivity contribution >= 4 is 5.69 Å². The summed E-state index contributed by atoms with van der Waals surface area (Å²) in [5, 5.41) is 8.65. The summed E-state index contributed by atoms with van der Waals surface area (Å²) in [4.78, 5) is 3.02. The molecule has 0 fully saturated rings. The van der Waals surface area contributed by atoms with E-state index in [0.29, 0.717) is 6.07 Å². The van der Waals surface area contributed by atoms with E-state index in [9.17, 15) is 22.0 Å². The van der Waals surface area contributed by atoms with Gasteiger partial charge in [-0.1, -0.05) is 0 Å². The number of aromatic nitrogens is 1. The van der Waals surface area contributed by atoms with Crippen LogP contribution in [0, 0.1) is 0 Å². The Kier molecular flexibility index (Phi) is 3.32. The summed E-state index contributed by atoms with van der Waals surface area (Å²) >= 11 is 0. The standard InChI is InChI=1S/C8H7F5N2O/c9-7(10)4-1-3(14)6(8(11,12)13)5(2-16)15-4/h1,7,16H,2H2,(H2,14,15). The molecule has 0 radical (unpaired) electrons. The molecule has 16 heavy (non-hydrogen) atoms. The van der Waals surface area contributed by atoms with E-state index in [0.717, 1.165) is 0 Å². The summed E-state index contributed by atoms with van der Waals surface area (Å²) in [7, 11) is 0. The zero-order chi connectivity index (χ0) is 12.5. The van der Waals surface area contributed by atoms with Crippen LogP contribution in [0.1, 0.15) is 23.4 Å². The number of anilines is 1. The van der Waals surface area contributed by atoms with Gasteiger partial charge in [0.25, 0.3) is 6.43 Å². The van der Waals surface area contributed by atoms with Crippen molar-refractivity contribution in [3.8, 4) is 0 Å². The number of halogens is 5. The molecule has 1 heterocycles. The summed E-state index contributed by atoms with van der Waals surface area (Å²) in [5.41, 5.74) is 0.974. The van der Waals surface area contributed by atoms with E-state index in [2.05, 4.69) is 4.98 Å². The molecule has 0 saturated carbocycles. The molecule has 0 saturated heterocycles. The van der Waals surface area contributed by atoms with Crippen molar-refractivity contribution < 1.29 is 27.1 Å². The highest BCUT2D eigenvalue weighted by atomic mass is 19.4. The van der Waals surface area contributed by atoms with E-state index < -0.39 is 41.8 Å².